The molecule has 1 aromatic rings. The Morgan fingerprint density at radius 2 is 2.14 bits per heavy atom. The van der Waals surface area contributed by atoms with Crippen LogP contribution in [0.25, 0.3) is 0 Å². The molecule has 0 spiro atoms. The number of carbonyl (C=O) groups is 1. The number of aromatic nitrogens is 2. The van der Waals surface area contributed by atoms with Crippen LogP contribution < -0.4 is 4.90 Å². The summed E-state index contributed by atoms with van der Waals surface area (Å²) in [5.74, 6) is 1.96. The maximum atomic E-state index is 12.2. The Morgan fingerprint density at radius 3 is 2.76 bits per heavy atom. The molecule has 110 valence electrons. The second-order valence-electron chi connectivity index (χ2n) is 5.87. The molecule has 2 aliphatic rings. The van der Waals surface area contributed by atoms with Crippen LogP contribution in [0, 0.1) is 24.2 Å². The zero-order chi connectivity index (χ0) is 15.0. The van der Waals surface area contributed by atoms with Crippen molar-refractivity contribution in [2.45, 2.75) is 32.7 Å². The number of nitriles is 1. The molecule has 1 aliphatic carbocycles. The fraction of sp³-hybridized carbons (Fsp3) is 0.600. The fourth-order valence-electron chi connectivity index (χ4n) is 2.83. The first-order valence-electron chi connectivity index (χ1n) is 7.39. The molecule has 1 aliphatic heterocycles. The van der Waals surface area contributed by atoms with Crippen molar-refractivity contribution < 1.29 is 4.79 Å². The number of amides is 1. The number of aryl methyl sites for hydroxylation is 1. The highest BCUT2D eigenvalue weighted by molar-refractivity contribution is 5.81. The lowest BCUT2D eigenvalue weighted by molar-refractivity contribution is -0.134. The topological polar surface area (TPSA) is 73.1 Å². The van der Waals surface area contributed by atoms with Crippen LogP contribution in [0.15, 0.2) is 6.07 Å². The van der Waals surface area contributed by atoms with Crippen LogP contribution in [0.4, 0.5) is 5.82 Å². The molecule has 1 aromatic heterocycles. The molecule has 21 heavy (non-hydrogen) atoms. The predicted molar refractivity (Wildman–Crippen MR) is 77.6 cm³/mol. The predicted octanol–water partition coefficient (Wildman–Crippen LogP) is 1.10. The van der Waals surface area contributed by atoms with Gasteiger partial charge in [0.25, 0.3) is 0 Å². The minimum absolute atomic E-state index is 0.174. The van der Waals surface area contributed by atoms with E-state index in [-0.39, 0.29) is 12.0 Å². The number of rotatable bonds is 2. The molecule has 1 amide bonds. The normalized spacial score (nSPS) is 22.0. The van der Waals surface area contributed by atoms with Crippen LogP contribution >= 0.6 is 0 Å². The molecule has 1 saturated carbocycles. The van der Waals surface area contributed by atoms with E-state index in [4.69, 9.17) is 5.26 Å². The second kappa shape index (κ2) is 5.32. The first-order valence-corrected chi connectivity index (χ1v) is 7.39. The lowest BCUT2D eigenvalue weighted by Crippen LogP contribution is -2.54. The summed E-state index contributed by atoms with van der Waals surface area (Å²) in [5, 5.41) is 9.01. The molecule has 0 N–H and O–H groups in total. The zero-order valence-corrected chi connectivity index (χ0v) is 12.4. The Kier molecular flexibility index (Phi) is 3.50. The molecule has 0 radical (unpaired) electrons. The Bertz CT molecular complexity index is 605. The summed E-state index contributed by atoms with van der Waals surface area (Å²) in [5.41, 5.74) is 0.390. The number of piperazine rings is 1. The Morgan fingerprint density at radius 1 is 1.38 bits per heavy atom. The standard InChI is InChI=1S/C15H19N5O/c1-10-9-19(5-6-20(10)15(21)12-3-4-12)14-7-13(8-16)17-11(2)18-14/h7,10,12H,3-6,9H2,1-2H3/t10-/m1/s1. The van der Waals surface area contributed by atoms with Gasteiger partial charge in [-0.25, -0.2) is 9.97 Å². The van der Waals surface area contributed by atoms with Gasteiger partial charge in [0.05, 0.1) is 0 Å². The highest BCUT2D eigenvalue weighted by atomic mass is 16.2. The summed E-state index contributed by atoms with van der Waals surface area (Å²) >= 11 is 0. The quantitative estimate of drug-likeness (QED) is 0.813. The number of hydrogen-bond acceptors (Lipinski definition) is 5. The van der Waals surface area contributed by atoms with Gasteiger partial charge in [-0.1, -0.05) is 0 Å². The minimum Gasteiger partial charge on any atom is -0.353 e. The van der Waals surface area contributed by atoms with Crippen molar-refractivity contribution in [3.8, 4) is 6.07 Å². The van der Waals surface area contributed by atoms with E-state index in [1.54, 1.807) is 13.0 Å². The summed E-state index contributed by atoms with van der Waals surface area (Å²) in [7, 11) is 0. The van der Waals surface area contributed by atoms with Gasteiger partial charge < -0.3 is 9.80 Å². The highest BCUT2D eigenvalue weighted by Crippen LogP contribution is 2.32. The Labute approximate surface area is 124 Å². The summed E-state index contributed by atoms with van der Waals surface area (Å²) in [4.78, 5) is 24.8. The molecule has 3 rings (SSSR count). The van der Waals surface area contributed by atoms with Crippen molar-refractivity contribution in [3.63, 3.8) is 0 Å². The third-order valence-electron chi connectivity index (χ3n) is 4.10. The molecule has 0 unspecified atom stereocenters. The van der Waals surface area contributed by atoms with Crippen LogP contribution in [-0.2, 0) is 4.79 Å². The van der Waals surface area contributed by atoms with Gasteiger partial charge in [-0.15, -0.1) is 0 Å². The smallest absolute Gasteiger partial charge is 0.226 e. The molecule has 6 nitrogen and oxygen atoms in total. The molecular formula is C15H19N5O. The summed E-state index contributed by atoms with van der Waals surface area (Å²) in [6.45, 7) is 6.09. The van der Waals surface area contributed by atoms with Crippen molar-refractivity contribution in [3.05, 3.63) is 17.6 Å². The summed E-state index contributed by atoms with van der Waals surface area (Å²) in [6, 6.07) is 3.96. The van der Waals surface area contributed by atoms with Crippen molar-refractivity contribution in [2.75, 3.05) is 24.5 Å². The molecule has 6 heteroatoms. The van der Waals surface area contributed by atoms with Crippen molar-refractivity contribution in [2.24, 2.45) is 5.92 Å². The first kappa shape index (κ1) is 13.8. The number of carbonyl (C=O) groups excluding carboxylic acids is 1. The van der Waals surface area contributed by atoms with Gasteiger partial charge in [-0.2, -0.15) is 5.26 Å². The average molecular weight is 285 g/mol. The number of nitrogens with zero attached hydrogens (tertiary/aromatic N) is 5. The molecule has 2 fully saturated rings. The molecule has 0 aromatic carbocycles. The van der Waals surface area contributed by atoms with E-state index in [0.29, 0.717) is 17.4 Å². The fourth-order valence-corrected chi connectivity index (χ4v) is 2.83. The third kappa shape index (κ3) is 2.82. The van der Waals surface area contributed by atoms with Crippen LogP contribution in [0.2, 0.25) is 0 Å². The SMILES string of the molecule is Cc1nc(C#N)cc(N2CCN(C(=O)C3CC3)[C@H](C)C2)n1. The molecule has 2 heterocycles. The van der Waals surface area contributed by atoms with E-state index in [2.05, 4.69) is 27.9 Å². The highest BCUT2D eigenvalue weighted by Gasteiger charge is 2.37. The largest absolute Gasteiger partial charge is 0.353 e. The lowest BCUT2D eigenvalue weighted by Gasteiger charge is -2.40. The molecule has 0 bridgehead atoms. The molecular weight excluding hydrogens is 266 g/mol. The van der Waals surface area contributed by atoms with Crippen molar-refractivity contribution in [1.29, 1.82) is 5.26 Å². The summed E-state index contributed by atoms with van der Waals surface area (Å²) in [6.07, 6.45) is 2.09. The van der Waals surface area contributed by atoms with Crippen LogP contribution in [0.5, 0.6) is 0 Å². The monoisotopic (exact) mass is 285 g/mol. The first-order chi connectivity index (χ1) is 10.1. The van der Waals surface area contributed by atoms with Gasteiger partial charge in [0.15, 0.2) is 0 Å². The van der Waals surface area contributed by atoms with Gasteiger partial charge in [0, 0.05) is 37.7 Å². The van der Waals surface area contributed by atoms with Gasteiger partial charge in [-0.05, 0) is 26.7 Å². The Balaban J connectivity index is 1.73. The van der Waals surface area contributed by atoms with E-state index < -0.39 is 0 Å². The van der Waals surface area contributed by atoms with E-state index in [1.165, 1.54) is 0 Å². The van der Waals surface area contributed by atoms with Gasteiger partial charge in [0.1, 0.15) is 23.4 Å². The van der Waals surface area contributed by atoms with Crippen LogP contribution in [0.3, 0.4) is 0 Å². The van der Waals surface area contributed by atoms with E-state index in [0.717, 1.165) is 38.3 Å². The number of hydrogen-bond donors (Lipinski definition) is 0. The Hall–Kier alpha value is -2.16. The zero-order valence-electron chi connectivity index (χ0n) is 12.4. The minimum atomic E-state index is 0.174. The van der Waals surface area contributed by atoms with Gasteiger partial charge in [-0.3, -0.25) is 4.79 Å². The van der Waals surface area contributed by atoms with Gasteiger partial charge >= 0.3 is 0 Å². The third-order valence-corrected chi connectivity index (χ3v) is 4.10. The summed E-state index contributed by atoms with van der Waals surface area (Å²) < 4.78 is 0. The van der Waals surface area contributed by atoms with E-state index in [1.807, 2.05) is 4.90 Å². The molecule has 1 atom stereocenters. The maximum Gasteiger partial charge on any atom is 0.226 e. The number of anilines is 1. The second-order valence-corrected chi connectivity index (χ2v) is 5.87. The van der Waals surface area contributed by atoms with Crippen LogP contribution in [-0.4, -0.2) is 46.5 Å². The van der Waals surface area contributed by atoms with Crippen molar-refractivity contribution >= 4 is 11.7 Å². The van der Waals surface area contributed by atoms with E-state index >= 15 is 0 Å². The maximum absolute atomic E-state index is 12.2. The molecule has 1 saturated heterocycles. The lowest BCUT2D eigenvalue weighted by atomic mass is 10.1. The van der Waals surface area contributed by atoms with Crippen LogP contribution in [0.1, 0.15) is 31.3 Å². The van der Waals surface area contributed by atoms with Gasteiger partial charge in [0.2, 0.25) is 5.91 Å². The van der Waals surface area contributed by atoms with E-state index in [9.17, 15) is 4.79 Å². The van der Waals surface area contributed by atoms with Crippen molar-refractivity contribution in [1.82, 2.24) is 14.9 Å². The average Bonchev–Trinajstić information content (AvgIpc) is 3.30.